The number of aliphatic hydroxyl groups is 1. The third-order valence-electron chi connectivity index (χ3n) is 3.38. The standard InChI is InChI=1S/C15H15N3O/c1-10-6-13(14-7-16-9-18(14)2)17-15-11(8-19)4-3-5-12(10)15/h3-7,9,19H,8H2,1-2H3. The summed E-state index contributed by atoms with van der Waals surface area (Å²) in [6.07, 6.45) is 3.56. The summed E-state index contributed by atoms with van der Waals surface area (Å²) in [7, 11) is 1.95. The number of fused-ring (bicyclic) bond motifs is 1. The van der Waals surface area contributed by atoms with E-state index >= 15 is 0 Å². The van der Waals surface area contributed by atoms with Crippen molar-refractivity contribution in [2.75, 3.05) is 0 Å². The molecule has 0 spiro atoms. The van der Waals surface area contributed by atoms with Crippen molar-refractivity contribution < 1.29 is 5.11 Å². The average molecular weight is 253 g/mol. The normalized spacial score (nSPS) is 11.1. The fourth-order valence-corrected chi connectivity index (χ4v) is 2.34. The first kappa shape index (κ1) is 11.9. The van der Waals surface area contributed by atoms with Gasteiger partial charge < -0.3 is 9.67 Å². The van der Waals surface area contributed by atoms with Gasteiger partial charge in [0.25, 0.3) is 0 Å². The predicted molar refractivity (Wildman–Crippen MR) is 74.6 cm³/mol. The molecule has 0 saturated carbocycles. The summed E-state index contributed by atoms with van der Waals surface area (Å²) >= 11 is 0. The molecule has 19 heavy (non-hydrogen) atoms. The van der Waals surface area contributed by atoms with Gasteiger partial charge in [0, 0.05) is 18.0 Å². The van der Waals surface area contributed by atoms with E-state index in [1.165, 1.54) is 0 Å². The molecule has 96 valence electrons. The molecule has 0 fully saturated rings. The molecule has 0 unspecified atom stereocenters. The number of rotatable bonds is 2. The van der Waals surface area contributed by atoms with Crippen LogP contribution < -0.4 is 0 Å². The van der Waals surface area contributed by atoms with E-state index < -0.39 is 0 Å². The highest BCUT2D eigenvalue weighted by molar-refractivity contribution is 5.87. The van der Waals surface area contributed by atoms with E-state index in [9.17, 15) is 5.11 Å². The number of imidazole rings is 1. The molecule has 0 atom stereocenters. The summed E-state index contributed by atoms with van der Waals surface area (Å²) < 4.78 is 1.94. The number of aryl methyl sites for hydroxylation is 2. The number of aliphatic hydroxyl groups excluding tert-OH is 1. The molecule has 0 bridgehead atoms. The van der Waals surface area contributed by atoms with Crippen LogP contribution in [0.3, 0.4) is 0 Å². The summed E-state index contributed by atoms with van der Waals surface area (Å²) in [6.45, 7) is 2.06. The van der Waals surface area contributed by atoms with Crippen LogP contribution in [0.1, 0.15) is 11.1 Å². The zero-order chi connectivity index (χ0) is 13.4. The Morgan fingerprint density at radius 1 is 1.32 bits per heavy atom. The van der Waals surface area contributed by atoms with Crippen molar-refractivity contribution in [3.63, 3.8) is 0 Å². The zero-order valence-electron chi connectivity index (χ0n) is 11.0. The van der Waals surface area contributed by atoms with E-state index in [4.69, 9.17) is 0 Å². The molecule has 4 heteroatoms. The Morgan fingerprint density at radius 3 is 2.84 bits per heavy atom. The van der Waals surface area contributed by atoms with Gasteiger partial charge in [-0.15, -0.1) is 0 Å². The fourth-order valence-electron chi connectivity index (χ4n) is 2.34. The Kier molecular flexibility index (Phi) is 2.80. The van der Waals surface area contributed by atoms with Gasteiger partial charge in [0.2, 0.25) is 0 Å². The first-order chi connectivity index (χ1) is 9.20. The Morgan fingerprint density at radius 2 is 2.16 bits per heavy atom. The summed E-state index contributed by atoms with van der Waals surface area (Å²) in [6, 6.07) is 7.94. The Balaban J connectivity index is 2.32. The van der Waals surface area contributed by atoms with Crippen LogP contribution in [0.4, 0.5) is 0 Å². The Hall–Kier alpha value is -2.20. The van der Waals surface area contributed by atoms with Crippen molar-refractivity contribution in [2.45, 2.75) is 13.5 Å². The summed E-state index contributed by atoms with van der Waals surface area (Å²) in [5.41, 5.74) is 4.71. The maximum Gasteiger partial charge on any atom is 0.0948 e. The third kappa shape index (κ3) is 1.90. The van der Waals surface area contributed by atoms with E-state index in [0.717, 1.165) is 33.4 Å². The quantitative estimate of drug-likeness (QED) is 0.763. The van der Waals surface area contributed by atoms with Gasteiger partial charge in [-0.2, -0.15) is 0 Å². The van der Waals surface area contributed by atoms with E-state index in [1.54, 1.807) is 12.5 Å². The van der Waals surface area contributed by atoms with Crippen LogP contribution in [0.5, 0.6) is 0 Å². The van der Waals surface area contributed by atoms with Crippen LogP contribution in [0, 0.1) is 6.92 Å². The average Bonchev–Trinajstić information content (AvgIpc) is 2.84. The monoisotopic (exact) mass is 253 g/mol. The lowest BCUT2D eigenvalue weighted by molar-refractivity contribution is 0.283. The summed E-state index contributed by atoms with van der Waals surface area (Å²) in [5.74, 6) is 0. The number of benzene rings is 1. The first-order valence-electron chi connectivity index (χ1n) is 6.17. The van der Waals surface area contributed by atoms with Crippen LogP contribution in [-0.2, 0) is 13.7 Å². The number of hydrogen-bond donors (Lipinski definition) is 1. The van der Waals surface area contributed by atoms with Crippen LogP contribution in [0.2, 0.25) is 0 Å². The van der Waals surface area contributed by atoms with Crippen LogP contribution in [0.25, 0.3) is 22.3 Å². The number of nitrogens with zero attached hydrogens (tertiary/aromatic N) is 3. The molecule has 3 aromatic rings. The lowest BCUT2D eigenvalue weighted by atomic mass is 10.0. The van der Waals surface area contributed by atoms with Gasteiger partial charge >= 0.3 is 0 Å². The van der Waals surface area contributed by atoms with Gasteiger partial charge in [-0.25, -0.2) is 9.97 Å². The molecular formula is C15H15N3O. The number of pyridine rings is 1. The molecule has 0 saturated heterocycles. The van der Waals surface area contributed by atoms with Crippen molar-refractivity contribution in [3.8, 4) is 11.4 Å². The van der Waals surface area contributed by atoms with Crippen molar-refractivity contribution in [3.05, 3.63) is 47.9 Å². The SMILES string of the molecule is Cc1cc(-c2cncn2C)nc2c(CO)cccc12. The molecule has 0 aliphatic carbocycles. The second-order valence-corrected chi connectivity index (χ2v) is 4.69. The largest absolute Gasteiger partial charge is 0.392 e. The molecule has 0 aliphatic heterocycles. The van der Waals surface area contributed by atoms with Crippen molar-refractivity contribution in [2.24, 2.45) is 7.05 Å². The van der Waals surface area contributed by atoms with E-state index in [0.29, 0.717) is 0 Å². The second kappa shape index (κ2) is 4.48. The number of para-hydroxylation sites is 1. The molecule has 0 amide bonds. The van der Waals surface area contributed by atoms with Gasteiger partial charge in [0.1, 0.15) is 0 Å². The minimum atomic E-state index is -0.00137. The molecule has 4 nitrogen and oxygen atoms in total. The minimum absolute atomic E-state index is 0.00137. The van der Waals surface area contributed by atoms with E-state index in [2.05, 4.69) is 23.0 Å². The maximum absolute atomic E-state index is 9.45. The van der Waals surface area contributed by atoms with Gasteiger partial charge in [-0.3, -0.25) is 0 Å². The van der Waals surface area contributed by atoms with E-state index in [1.807, 2.05) is 29.8 Å². The zero-order valence-corrected chi connectivity index (χ0v) is 11.0. The van der Waals surface area contributed by atoms with Crippen molar-refractivity contribution >= 4 is 10.9 Å². The topological polar surface area (TPSA) is 50.9 Å². The number of aromatic nitrogens is 3. The van der Waals surface area contributed by atoms with E-state index in [-0.39, 0.29) is 6.61 Å². The Labute approximate surface area is 111 Å². The highest BCUT2D eigenvalue weighted by Gasteiger charge is 2.10. The molecule has 2 aromatic heterocycles. The highest BCUT2D eigenvalue weighted by atomic mass is 16.3. The first-order valence-corrected chi connectivity index (χ1v) is 6.17. The molecule has 1 aromatic carbocycles. The predicted octanol–water partition coefficient (Wildman–Crippen LogP) is 2.44. The molecule has 0 radical (unpaired) electrons. The van der Waals surface area contributed by atoms with Crippen LogP contribution >= 0.6 is 0 Å². The van der Waals surface area contributed by atoms with Crippen molar-refractivity contribution in [1.82, 2.24) is 14.5 Å². The highest BCUT2D eigenvalue weighted by Crippen LogP contribution is 2.26. The molecule has 1 N–H and O–H groups in total. The van der Waals surface area contributed by atoms with Gasteiger partial charge in [-0.05, 0) is 18.6 Å². The van der Waals surface area contributed by atoms with Crippen LogP contribution in [-0.4, -0.2) is 19.6 Å². The smallest absolute Gasteiger partial charge is 0.0948 e. The molecular weight excluding hydrogens is 238 g/mol. The lowest BCUT2D eigenvalue weighted by Crippen LogP contribution is -1.96. The molecule has 0 aliphatic rings. The van der Waals surface area contributed by atoms with Gasteiger partial charge in [0.15, 0.2) is 0 Å². The lowest BCUT2D eigenvalue weighted by Gasteiger charge is -2.09. The van der Waals surface area contributed by atoms with Gasteiger partial charge in [0.05, 0.1) is 36.0 Å². The third-order valence-corrected chi connectivity index (χ3v) is 3.38. The van der Waals surface area contributed by atoms with Gasteiger partial charge in [-0.1, -0.05) is 18.2 Å². The summed E-state index contributed by atoms with van der Waals surface area (Å²) in [5, 5.41) is 10.5. The molecule has 2 heterocycles. The fraction of sp³-hybridized carbons (Fsp3) is 0.200. The molecule has 3 rings (SSSR count). The van der Waals surface area contributed by atoms with Crippen LogP contribution in [0.15, 0.2) is 36.8 Å². The summed E-state index contributed by atoms with van der Waals surface area (Å²) in [4.78, 5) is 8.81. The Bertz CT molecular complexity index is 746. The maximum atomic E-state index is 9.45. The number of hydrogen-bond acceptors (Lipinski definition) is 3. The second-order valence-electron chi connectivity index (χ2n) is 4.69. The minimum Gasteiger partial charge on any atom is -0.392 e. The van der Waals surface area contributed by atoms with Crippen molar-refractivity contribution in [1.29, 1.82) is 0 Å².